The van der Waals surface area contributed by atoms with Crippen molar-refractivity contribution in [3.8, 4) is 11.5 Å². The van der Waals surface area contributed by atoms with Gasteiger partial charge in [-0.2, -0.15) is 0 Å². The average molecular weight is 371 g/mol. The zero-order valence-electron chi connectivity index (χ0n) is 14.8. The lowest BCUT2D eigenvalue weighted by molar-refractivity contribution is 0.317. The van der Waals surface area contributed by atoms with Crippen LogP contribution >= 0.6 is 11.3 Å². The third-order valence-corrected chi connectivity index (χ3v) is 5.79. The van der Waals surface area contributed by atoms with E-state index >= 15 is 0 Å². The number of H-pyrrole nitrogens is 1. The lowest BCUT2D eigenvalue weighted by Crippen LogP contribution is -2.23. The van der Waals surface area contributed by atoms with Gasteiger partial charge in [-0.15, -0.1) is 11.3 Å². The van der Waals surface area contributed by atoms with E-state index in [0.29, 0.717) is 17.2 Å². The number of fused-ring (bicyclic) bond motifs is 1. The summed E-state index contributed by atoms with van der Waals surface area (Å²) in [4.78, 5) is 22.0. The molecule has 3 heterocycles. The maximum absolute atomic E-state index is 12.1. The molecule has 0 radical (unpaired) electrons. The van der Waals surface area contributed by atoms with E-state index in [1.165, 1.54) is 16.9 Å². The van der Waals surface area contributed by atoms with E-state index in [4.69, 9.17) is 9.47 Å². The topological polar surface area (TPSA) is 67.5 Å². The van der Waals surface area contributed by atoms with Crippen LogP contribution in [0.25, 0.3) is 10.2 Å². The van der Waals surface area contributed by atoms with Crippen LogP contribution in [-0.2, 0) is 6.54 Å². The van der Waals surface area contributed by atoms with Crippen molar-refractivity contribution in [2.75, 3.05) is 27.3 Å². The minimum atomic E-state index is -0.0507. The summed E-state index contributed by atoms with van der Waals surface area (Å²) in [5.41, 5.74) is 1.90. The first-order valence-electron chi connectivity index (χ1n) is 8.58. The second-order valence-electron chi connectivity index (χ2n) is 6.48. The molecule has 1 unspecified atom stereocenters. The van der Waals surface area contributed by atoms with Crippen molar-refractivity contribution < 1.29 is 9.47 Å². The molecule has 0 spiro atoms. The van der Waals surface area contributed by atoms with Crippen LogP contribution in [0.5, 0.6) is 11.5 Å². The molecule has 1 saturated heterocycles. The average Bonchev–Trinajstić information content (AvgIpc) is 3.31. The molecule has 0 aliphatic carbocycles. The van der Waals surface area contributed by atoms with Gasteiger partial charge in [-0.3, -0.25) is 9.69 Å². The Morgan fingerprint density at radius 2 is 2.19 bits per heavy atom. The fourth-order valence-electron chi connectivity index (χ4n) is 3.60. The van der Waals surface area contributed by atoms with Crippen LogP contribution in [0.2, 0.25) is 0 Å². The Morgan fingerprint density at radius 1 is 1.31 bits per heavy atom. The number of hydrogen-bond donors (Lipinski definition) is 1. The van der Waals surface area contributed by atoms with Crippen LogP contribution in [0.15, 0.2) is 34.4 Å². The van der Waals surface area contributed by atoms with Crippen LogP contribution in [0.4, 0.5) is 0 Å². The number of ether oxygens (including phenoxy) is 2. The normalized spacial score (nSPS) is 17.7. The highest BCUT2D eigenvalue weighted by Crippen LogP contribution is 2.36. The van der Waals surface area contributed by atoms with Crippen molar-refractivity contribution in [1.29, 1.82) is 0 Å². The van der Waals surface area contributed by atoms with Gasteiger partial charge in [0.25, 0.3) is 5.56 Å². The number of nitrogens with one attached hydrogen (secondary N) is 1. The number of hydrogen-bond acceptors (Lipinski definition) is 6. The molecular formula is C19H21N3O3S. The minimum Gasteiger partial charge on any atom is -0.497 e. The Labute approximate surface area is 155 Å². The number of thiophene rings is 1. The molecule has 4 rings (SSSR count). The molecule has 136 valence electrons. The summed E-state index contributed by atoms with van der Waals surface area (Å²) in [6.45, 7) is 2.50. The number of nitrogens with zero attached hydrogens (tertiary/aromatic N) is 2. The minimum absolute atomic E-state index is 0.0507. The summed E-state index contributed by atoms with van der Waals surface area (Å²) >= 11 is 1.42. The molecule has 3 aromatic rings. The zero-order chi connectivity index (χ0) is 18.1. The molecule has 0 amide bonds. The quantitative estimate of drug-likeness (QED) is 0.747. The largest absolute Gasteiger partial charge is 0.497 e. The fraction of sp³-hybridized carbons (Fsp3) is 0.368. The molecule has 2 aromatic heterocycles. The first kappa shape index (κ1) is 17.1. The number of aromatic nitrogens is 2. The maximum Gasteiger partial charge on any atom is 0.268 e. The summed E-state index contributed by atoms with van der Waals surface area (Å²) < 4.78 is 11.6. The van der Waals surface area contributed by atoms with Gasteiger partial charge in [0.2, 0.25) is 0 Å². The van der Waals surface area contributed by atoms with E-state index in [1.807, 2.05) is 23.6 Å². The molecule has 1 aliphatic heterocycles. The SMILES string of the molecule is COc1ccc(OC)c(C2CCN(Cc3nc4ccsc4c(=O)[nH]3)C2)c1. The molecule has 0 saturated carbocycles. The Balaban J connectivity index is 1.52. The van der Waals surface area contributed by atoms with Crippen molar-refractivity contribution in [3.05, 3.63) is 51.4 Å². The summed E-state index contributed by atoms with van der Waals surface area (Å²) in [6.07, 6.45) is 1.04. The Kier molecular flexibility index (Phi) is 4.65. The van der Waals surface area contributed by atoms with E-state index in [1.54, 1.807) is 14.2 Å². The third kappa shape index (κ3) is 3.20. The monoisotopic (exact) mass is 371 g/mol. The predicted octanol–water partition coefficient (Wildman–Crippen LogP) is 2.99. The van der Waals surface area contributed by atoms with Gasteiger partial charge >= 0.3 is 0 Å². The summed E-state index contributed by atoms with van der Waals surface area (Å²) in [5.74, 6) is 2.83. The lowest BCUT2D eigenvalue weighted by Gasteiger charge is -2.18. The molecular weight excluding hydrogens is 350 g/mol. The number of benzene rings is 1. The second-order valence-corrected chi connectivity index (χ2v) is 7.39. The highest BCUT2D eigenvalue weighted by molar-refractivity contribution is 7.17. The molecule has 0 bridgehead atoms. The third-order valence-electron chi connectivity index (χ3n) is 4.89. The molecule has 1 aromatic carbocycles. The van der Waals surface area contributed by atoms with Crippen molar-refractivity contribution in [3.63, 3.8) is 0 Å². The van der Waals surface area contributed by atoms with Gasteiger partial charge in [-0.1, -0.05) is 0 Å². The molecule has 1 fully saturated rings. The highest BCUT2D eigenvalue weighted by Gasteiger charge is 2.27. The van der Waals surface area contributed by atoms with E-state index in [9.17, 15) is 4.79 Å². The fourth-order valence-corrected chi connectivity index (χ4v) is 4.32. The predicted molar refractivity (Wildman–Crippen MR) is 102 cm³/mol. The Bertz CT molecular complexity index is 982. The van der Waals surface area contributed by atoms with Crippen LogP contribution in [-0.4, -0.2) is 42.2 Å². The number of likely N-dealkylation sites (tertiary alicyclic amines) is 1. The molecule has 26 heavy (non-hydrogen) atoms. The number of rotatable bonds is 5. The Hall–Kier alpha value is -2.38. The second kappa shape index (κ2) is 7.09. The molecule has 6 nitrogen and oxygen atoms in total. The van der Waals surface area contributed by atoms with Gasteiger partial charge in [0, 0.05) is 18.0 Å². The molecule has 7 heteroatoms. The van der Waals surface area contributed by atoms with Gasteiger partial charge in [-0.05, 0) is 42.6 Å². The van der Waals surface area contributed by atoms with E-state index in [-0.39, 0.29) is 5.56 Å². The van der Waals surface area contributed by atoms with Crippen molar-refractivity contribution in [1.82, 2.24) is 14.9 Å². The van der Waals surface area contributed by atoms with E-state index in [2.05, 4.69) is 20.9 Å². The number of methoxy groups -OCH3 is 2. The van der Waals surface area contributed by atoms with Crippen molar-refractivity contribution >= 4 is 21.6 Å². The molecule has 1 aliphatic rings. The van der Waals surface area contributed by atoms with Gasteiger partial charge in [0.15, 0.2) is 0 Å². The zero-order valence-corrected chi connectivity index (χ0v) is 15.6. The first-order valence-corrected chi connectivity index (χ1v) is 9.46. The first-order chi connectivity index (χ1) is 12.7. The summed E-state index contributed by atoms with van der Waals surface area (Å²) in [6, 6.07) is 7.83. The smallest absolute Gasteiger partial charge is 0.268 e. The van der Waals surface area contributed by atoms with Crippen molar-refractivity contribution in [2.45, 2.75) is 18.9 Å². The summed E-state index contributed by atoms with van der Waals surface area (Å²) in [5, 5.41) is 1.90. The van der Waals surface area contributed by atoms with Gasteiger partial charge in [0.05, 0.1) is 26.3 Å². The van der Waals surface area contributed by atoms with Crippen LogP contribution in [0.1, 0.15) is 23.7 Å². The number of aromatic amines is 1. The van der Waals surface area contributed by atoms with E-state index < -0.39 is 0 Å². The van der Waals surface area contributed by atoms with Gasteiger partial charge in [0.1, 0.15) is 22.0 Å². The maximum atomic E-state index is 12.1. The Morgan fingerprint density at radius 3 is 3.00 bits per heavy atom. The van der Waals surface area contributed by atoms with Crippen LogP contribution < -0.4 is 15.0 Å². The van der Waals surface area contributed by atoms with Crippen molar-refractivity contribution in [2.24, 2.45) is 0 Å². The van der Waals surface area contributed by atoms with Gasteiger partial charge < -0.3 is 14.5 Å². The molecule has 1 N–H and O–H groups in total. The lowest BCUT2D eigenvalue weighted by atomic mass is 9.97. The van der Waals surface area contributed by atoms with E-state index in [0.717, 1.165) is 42.4 Å². The van der Waals surface area contributed by atoms with Gasteiger partial charge in [-0.25, -0.2) is 4.98 Å². The van der Waals surface area contributed by atoms with Crippen LogP contribution in [0, 0.1) is 0 Å². The van der Waals surface area contributed by atoms with Crippen LogP contribution in [0.3, 0.4) is 0 Å². The standard InChI is InChI=1S/C19H21N3O3S/c1-24-13-3-4-16(25-2)14(9-13)12-5-7-22(10-12)11-17-20-15-6-8-26-18(15)19(23)21-17/h3-4,6,8-9,12H,5,7,10-11H2,1-2H3,(H,20,21,23). The molecule has 1 atom stereocenters. The highest BCUT2D eigenvalue weighted by atomic mass is 32.1. The summed E-state index contributed by atoms with van der Waals surface area (Å²) in [7, 11) is 3.37.